The highest BCUT2D eigenvalue weighted by atomic mass is 16.5. The van der Waals surface area contributed by atoms with Gasteiger partial charge in [0.2, 0.25) is 5.91 Å². The largest absolute Gasteiger partial charge is 0.377 e. The molecule has 0 heterocycles. The highest BCUT2D eigenvalue weighted by Crippen LogP contribution is 2.50. The van der Waals surface area contributed by atoms with Crippen LogP contribution in [0.25, 0.3) is 0 Å². The van der Waals surface area contributed by atoms with Crippen molar-refractivity contribution >= 4 is 5.91 Å². The van der Waals surface area contributed by atoms with Crippen molar-refractivity contribution < 1.29 is 9.53 Å². The molecule has 26 heavy (non-hydrogen) atoms. The molecule has 0 aromatic heterocycles. The van der Waals surface area contributed by atoms with Crippen molar-refractivity contribution in [3.05, 3.63) is 35.9 Å². The van der Waals surface area contributed by atoms with E-state index in [4.69, 9.17) is 10.5 Å². The molecule has 1 amide bonds. The third-order valence-electron chi connectivity index (χ3n) is 6.68. The molecule has 3 heteroatoms. The third-order valence-corrected chi connectivity index (χ3v) is 6.68. The molecule has 2 saturated carbocycles. The molecule has 0 bridgehead atoms. The molecule has 0 saturated heterocycles. The number of hydrogen-bond donors (Lipinski definition) is 1. The van der Waals surface area contributed by atoms with Gasteiger partial charge in [-0.3, -0.25) is 4.79 Å². The van der Waals surface area contributed by atoms with Crippen LogP contribution in [0.3, 0.4) is 0 Å². The number of hydrogen-bond acceptors (Lipinski definition) is 2. The average molecular weight is 358 g/mol. The maximum absolute atomic E-state index is 11.8. The molecule has 1 aromatic rings. The number of rotatable bonds is 10. The summed E-state index contributed by atoms with van der Waals surface area (Å²) in [6, 6.07) is 10.6. The molecule has 2 aliphatic carbocycles. The van der Waals surface area contributed by atoms with Crippen molar-refractivity contribution in [2.45, 2.75) is 82.7 Å². The molecule has 3 nitrogen and oxygen atoms in total. The summed E-state index contributed by atoms with van der Waals surface area (Å²) in [4.78, 5) is 11.8. The number of primary amides is 1. The maximum Gasteiger partial charge on any atom is 0.220 e. The van der Waals surface area contributed by atoms with Crippen molar-refractivity contribution in [1.29, 1.82) is 0 Å². The molecule has 2 unspecified atom stereocenters. The Morgan fingerprint density at radius 1 is 1.15 bits per heavy atom. The van der Waals surface area contributed by atoms with E-state index in [1.807, 2.05) is 6.07 Å². The molecule has 2 fully saturated rings. The highest BCUT2D eigenvalue weighted by molar-refractivity contribution is 5.74. The van der Waals surface area contributed by atoms with E-state index in [1.54, 1.807) is 0 Å². The summed E-state index contributed by atoms with van der Waals surface area (Å²) in [7, 11) is 0. The molecule has 0 aliphatic heterocycles. The minimum absolute atomic E-state index is 0.124. The normalized spacial score (nSPS) is 21.9. The SMILES string of the molecule is CC(c1ccccc1)(C1CC1)C(CC(N)=O)OCCCC1CCCCC1. The monoisotopic (exact) mass is 357 g/mol. The maximum atomic E-state index is 11.8. The summed E-state index contributed by atoms with van der Waals surface area (Å²) in [5.41, 5.74) is 6.75. The lowest BCUT2D eigenvalue weighted by molar-refractivity contribution is -0.123. The van der Waals surface area contributed by atoms with Crippen molar-refractivity contribution in [2.24, 2.45) is 17.6 Å². The van der Waals surface area contributed by atoms with Crippen LogP contribution in [0.1, 0.15) is 76.7 Å². The highest BCUT2D eigenvalue weighted by Gasteiger charge is 2.49. The quantitative estimate of drug-likeness (QED) is 0.601. The van der Waals surface area contributed by atoms with Crippen LogP contribution in [-0.4, -0.2) is 18.6 Å². The van der Waals surface area contributed by atoms with Crippen LogP contribution in [0.15, 0.2) is 30.3 Å². The minimum atomic E-state index is -0.259. The Labute approximate surface area is 158 Å². The van der Waals surface area contributed by atoms with E-state index >= 15 is 0 Å². The van der Waals surface area contributed by atoms with Crippen LogP contribution >= 0.6 is 0 Å². The molecular weight excluding hydrogens is 322 g/mol. The fourth-order valence-electron chi connectivity index (χ4n) is 4.86. The fraction of sp³-hybridized carbons (Fsp3) is 0.696. The first kappa shape index (κ1) is 19.4. The summed E-state index contributed by atoms with van der Waals surface area (Å²) in [5, 5.41) is 0. The molecule has 3 rings (SSSR count). The average Bonchev–Trinajstić information content (AvgIpc) is 3.50. The fourth-order valence-corrected chi connectivity index (χ4v) is 4.86. The Morgan fingerprint density at radius 2 is 1.85 bits per heavy atom. The predicted molar refractivity (Wildman–Crippen MR) is 106 cm³/mol. The van der Waals surface area contributed by atoms with Gasteiger partial charge in [0.1, 0.15) is 0 Å². The van der Waals surface area contributed by atoms with Crippen LogP contribution in [-0.2, 0) is 14.9 Å². The van der Waals surface area contributed by atoms with E-state index in [1.165, 1.54) is 56.9 Å². The van der Waals surface area contributed by atoms with Gasteiger partial charge in [-0.15, -0.1) is 0 Å². The Hall–Kier alpha value is -1.35. The van der Waals surface area contributed by atoms with Gasteiger partial charge in [0.15, 0.2) is 0 Å². The topological polar surface area (TPSA) is 52.3 Å². The molecule has 2 N–H and O–H groups in total. The van der Waals surface area contributed by atoms with E-state index in [9.17, 15) is 4.79 Å². The smallest absolute Gasteiger partial charge is 0.220 e. The Bertz CT molecular complexity index is 563. The molecule has 144 valence electrons. The van der Waals surface area contributed by atoms with E-state index in [2.05, 4.69) is 31.2 Å². The van der Waals surface area contributed by atoms with Gasteiger partial charge in [-0.1, -0.05) is 69.4 Å². The lowest BCUT2D eigenvalue weighted by atomic mass is 9.72. The number of ether oxygens (including phenoxy) is 1. The summed E-state index contributed by atoms with van der Waals surface area (Å²) in [6.45, 7) is 3.01. The zero-order chi connectivity index (χ0) is 18.4. The van der Waals surface area contributed by atoms with E-state index < -0.39 is 0 Å². The zero-order valence-corrected chi connectivity index (χ0v) is 16.3. The number of nitrogens with two attached hydrogens (primary N) is 1. The number of carbonyl (C=O) groups is 1. The van der Waals surface area contributed by atoms with E-state index in [-0.39, 0.29) is 17.4 Å². The lowest BCUT2D eigenvalue weighted by Gasteiger charge is -2.38. The molecule has 1 aromatic carbocycles. The molecule has 0 radical (unpaired) electrons. The second kappa shape index (κ2) is 9.03. The number of carbonyl (C=O) groups excluding carboxylic acids is 1. The summed E-state index contributed by atoms with van der Waals surface area (Å²) < 4.78 is 6.36. The first-order valence-corrected chi connectivity index (χ1v) is 10.6. The first-order valence-electron chi connectivity index (χ1n) is 10.6. The number of benzene rings is 1. The Morgan fingerprint density at radius 3 is 2.46 bits per heavy atom. The summed E-state index contributed by atoms with van der Waals surface area (Å²) >= 11 is 0. The van der Waals surface area contributed by atoms with Crippen LogP contribution in [0.5, 0.6) is 0 Å². The molecule has 0 spiro atoms. The van der Waals surface area contributed by atoms with Gasteiger partial charge in [-0.05, 0) is 43.1 Å². The van der Waals surface area contributed by atoms with Crippen molar-refractivity contribution in [1.82, 2.24) is 0 Å². The van der Waals surface area contributed by atoms with Crippen molar-refractivity contribution in [3.8, 4) is 0 Å². The second-order valence-corrected chi connectivity index (χ2v) is 8.60. The second-order valence-electron chi connectivity index (χ2n) is 8.60. The predicted octanol–water partition coefficient (Wildman–Crippen LogP) is 4.98. The Balaban J connectivity index is 1.62. The molecule has 2 aliphatic rings. The standard InChI is InChI=1S/C23H35NO2/c1-23(20-14-15-20,19-12-6-3-7-13-19)21(17-22(24)25)26-16-8-11-18-9-4-2-5-10-18/h3,6-7,12-13,18,20-21H,2,4-5,8-11,14-17H2,1H3,(H2,24,25). The van der Waals surface area contributed by atoms with Gasteiger partial charge in [-0.2, -0.15) is 0 Å². The van der Waals surface area contributed by atoms with E-state index in [0.717, 1.165) is 18.9 Å². The van der Waals surface area contributed by atoms with Crippen LogP contribution < -0.4 is 5.73 Å². The summed E-state index contributed by atoms with van der Waals surface area (Å²) in [5.74, 6) is 1.21. The van der Waals surface area contributed by atoms with E-state index in [0.29, 0.717) is 12.3 Å². The lowest BCUT2D eigenvalue weighted by Crippen LogP contribution is -2.43. The van der Waals surface area contributed by atoms with Crippen molar-refractivity contribution in [2.75, 3.05) is 6.61 Å². The third kappa shape index (κ3) is 4.88. The molecular formula is C23H35NO2. The number of amides is 1. The molecule has 2 atom stereocenters. The van der Waals surface area contributed by atoms with Crippen LogP contribution in [0.2, 0.25) is 0 Å². The van der Waals surface area contributed by atoms with Gasteiger partial charge >= 0.3 is 0 Å². The van der Waals surface area contributed by atoms with Gasteiger partial charge in [0.05, 0.1) is 12.5 Å². The van der Waals surface area contributed by atoms with Crippen LogP contribution in [0.4, 0.5) is 0 Å². The van der Waals surface area contributed by atoms with Gasteiger partial charge in [0, 0.05) is 12.0 Å². The van der Waals surface area contributed by atoms with Gasteiger partial charge in [-0.25, -0.2) is 0 Å². The van der Waals surface area contributed by atoms with Crippen LogP contribution in [0, 0.1) is 11.8 Å². The first-order chi connectivity index (χ1) is 12.6. The van der Waals surface area contributed by atoms with Gasteiger partial charge in [0.25, 0.3) is 0 Å². The van der Waals surface area contributed by atoms with Crippen molar-refractivity contribution in [3.63, 3.8) is 0 Å². The van der Waals surface area contributed by atoms with Gasteiger partial charge < -0.3 is 10.5 Å². The minimum Gasteiger partial charge on any atom is -0.377 e. The zero-order valence-electron chi connectivity index (χ0n) is 16.3. The summed E-state index contributed by atoms with van der Waals surface area (Å²) in [6.07, 6.45) is 11.9. The Kier molecular flexibility index (Phi) is 6.74.